The molecule has 0 fully saturated rings. The summed E-state index contributed by atoms with van der Waals surface area (Å²) in [6.07, 6.45) is 1.53. The van der Waals surface area contributed by atoms with Crippen molar-refractivity contribution in [3.05, 3.63) is 67.0 Å². The van der Waals surface area contributed by atoms with E-state index < -0.39 is 0 Å². The highest BCUT2D eigenvalue weighted by atomic mass is 32.1. The van der Waals surface area contributed by atoms with Gasteiger partial charge in [0.1, 0.15) is 29.7 Å². The van der Waals surface area contributed by atoms with E-state index in [1.807, 2.05) is 42.5 Å². The fourth-order valence-electron chi connectivity index (χ4n) is 3.12. The Morgan fingerprint density at radius 1 is 1.00 bits per heavy atom. The van der Waals surface area contributed by atoms with E-state index >= 15 is 0 Å². The Morgan fingerprint density at radius 2 is 1.81 bits per heavy atom. The molecule has 27 heavy (non-hydrogen) atoms. The van der Waals surface area contributed by atoms with Crippen LogP contribution in [0.25, 0.3) is 20.7 Å². The van der Waals surface area contributed by atoms with Crippen molar-refractivity contribution >= 4 is 27.4 Å². The molecule has 134 valence electrons. The number of anilines is 1. The molecule has 1 N–H and O–H groups in total. The molecule has 0 spiro atoms. The number of rotatable bonds is 4. The zero-order chi connectivity index (χ0) is 18.1. The molecule has 0 saturated carbocycles. The van der Waals surface area contributed by atoms with Crippen molar-refractivity contribution in [3.63, 3.8) is 0 Å². The number of aromatic nitrogens is 2. The van der Waals surface area contributed by atoms with E-state index in [0.29, 0.717) is 13.2 Å². The SMILES string of the molecule is c1ccc(-c2cc3c(NC[C@@H]4COc5ccccc5O4)ncnc3s2)cc1. The molecule has 2 aromatic carbocycles. The van der Waals surface area contributed by atoms with Crippen LogP contribution in [0.4, 0.5) is 5.82 Å². The number of hydrogen-bond donors (Lipinski definition) is 1. The summed E-state index contributed by atoms with van der Waals surface area (Å²) in [5, 5.41) is 4.43. The average Bonchev–Trinajstić information content (AvgIpc) is 3.18. The van der Waals surface area contributed by atoms with Gasteiger partial charge >= 0.3 is 0 Å². The van der Waals surface area contributed by atoms with Crippen LogP contribution in [-0.2, 0) is 0 Å². The van der Waals surface area contributed by atoms with E-state index in [1.54, 1.807) is 17.7 Å². The largest absolute Gasteiger partial charge is 0.486 e. The highest BCUT2D eigenvalue weighted by molar-refractivity contribution is 7.21. The predicted octanol–water partition coefficient (Wildman–Crippen LogP) is 4.61. The minimum atomic E-state index is -0.0721. The fraction of sp³-hybridized carbons (Fsp3) is 0.143. The maximum Gasteiger partial charge on any atom is 0.161 e. The quantitative estimate of drug-likeness (QED) is 0.564. The molecule has 1 aliphatic rings. The Kier molecular flexibility index (Phi) is 4.10. The lowest BCUT2D eigenvalue weighted by Crippen LogP contribution is -2.35. The van der Waals surface area contributed by atoms with Crippen LogP contribution >= 0.6 is 11.3 Å². The minimum absolute atomic E-state index is 0.0721. The van der Waals surface area contributed by atoms with Gasteiger partial charge in [0, 0.05) is 4.88 Å². The summed E-state index contributed by atoms with van der Waals surface area (Å²) < 4.78 is 11.8. The Morgan fingerprint density at radius 3 is 2.70 bits per heavy atom. The molecule has 0 radical (unpaired) electrons. The molecule has 0 amide bonds. The Hall–Kier alpha value is -3.12. The molecule has 4 aromatic rings. The van der Waals surface area contributed by atoms with Gasteiger partial charge in [-0.25, -0.2) is 9.97 Å². The van der Waals surface area contributed by atoms with Crippen LogP contribution in [0.2, 0.25) is 0 Å². The number of nitrogens with one attached hydrogen (secondary N) is 1. The van der Waals surface area contributed by atoms with Crippen molar-refractivity contribution in [2.45, 2.75) is 6.10 Å². The first-order chi connectivity index (χ1) is 13.4. The van der Waals surface area contributed by atoms with Crippen LogP contribution in [0.1, 0.15) is 0 Å². The molecule has 1 aliphatic heterocycles. The van der Waals surface area contributed by atoms with E-state index in [-0.39, 0.29) is 6.10 Å². The van der Waals surface area contributed by atoms with Gasteiger partial charge < -0.3 is 14.8 Å². The zero-order valence-corrected chi connectivity index (χ0v) is 15.3. The molecule has 6 heteroatoms. The first-order valence-electron chi connectivity index (χ1n) is 8.79. The highest BCUT2D eigenvalue weighted by Crippen LogP contribution is 2.35. The number of nitrogens with zero attached hydrogens (tertiary/aromatic N) is 2. The molecule has 2 aromatic heterocycles. The van der Waals surface area contributed by atoms with Crippen molar-refractivity contribution in [1.29, 1.82) is 0 Å². The molecular formula is C21H17N3O2S. The third-order valence-electron chi connectivity index (χ3n) is 4.45. The summed E-state index contributed by atoms with van der Waals surface area (Å²) in [5.41, 5.74) is 1.19. The van der Waals surface area contributed by atoms with Crippen LogP contribution in [0.5, 0.6) is 11.5 Å². The second kappa shape index (κ2) is 6.89. The number of para-hydroxylation sites is 2. The van der Waals surface area contributed by atoms with Crippen molar-refractivity contribution < 1.29 is 9.47 Å². The Labute approximate surface area is 160 Å². The second-order valence-electron chi connectivity index (χ2n) is 6.30. The summed E-state index contributed by atoms with van der Waals surface area (Å²) in [4.78, 5) is 11.0. The van der Waals surface area contributed by atoms with Crippen LogP contribution in [0, 0.1) is 0 Å². The highest BCUT2D eigenvalue weighted by Gasteiger charge is 2.21. The third-order valence-corrected chi connectivity index (χ3v) is 5.54. The van der Waals surface area contributed by atoms with Gasteiger partial charge in [-0.05, 0) is 23.8 Å². The van der Waals surface area contributed by atoms with E-state index in [2.05, 4.69) is 33.5 Å². The van der Waals surface area contributed by atoms with Gasteiger partial charge in [0.15, 0.2) is 11.5 Å². The van der Waals surface area contributed by atoms with Crippen LogP contribution in [0.3, 0.4) is 0 Å². The first-order valence-corrected chi connectivity index (χ1v) is 9.61. The molecule has 3 heterocycles. The van der Waals surface area contributed by atoms with E-state index in [4.69, 9.17) is 9.47 Å². The molecule has 0 aliphatic carbocycles. The number of fused-ring (bicyclic) bond motifs is 2. The van der Waals surface area contributed by atoms with Crippen LogP contribution in [-0.4, -0.2) is 29.2 Å². The van der Waals surface area contributed by atoms with Gasteiger partial charge in [-0.1, -0.05) is 42.5 Å². The van der Waals surface area contributed by atoms with Gasteiger partial charge in [-0.15, -0.1) is 11.3 Å². The first kappa shape index (κ1) is 16.1. The Bertz CT molecular complexity index is 1080. The Balaban J connectivity index is 1.36. The predicted molar refractivity (Wildman–Crippen MR) is 108 cm³/mol. The van der Waals surface area contributed by atoms with Crippen molar-refractivity contribution in [3.8, 4) is 21.9 Å². The normalized spacial score (nSPS) is 15.6. The molecule has 5 rings (SSSR count). The number of hydrogen-bond acceptors (Lipinski definition) is 6. The number of ether oxygens (including phenoxy) is 2. The number of thiophene rings is 1. The third kappa shape index (κ3) is 3.19. The minimum Gasteiger partial charge on any atom is -0.486 e. The smallest absolute Gasteiger partial charge is 0.161 e. The molecule has 1 atom stereocenters. The van der Waals surface area contributed by atoms with E-state index in [9.17, 15) is 0 Å². The van der Waals surface area contributed by atoms with Gasteiger partial charge in [0.05, 0.1) is 11.9 Å². The lowest BCUT2D eigenvalue weighted by atomic mass is 10.2. The van der Waals surface area contributed by atoms with E-state index in [0.717, 1.165) is 27.5 Å². The standard InChI is InChI=1S/C21H17N3O2S/c1-2-6-14(7-3-1)19-10-16-20(23-13-24-21(16)27-19)22-11-15-12-25-17-8-4-5-9-18(17)26-15/h1-10,13,15H,11-12H2,(H,22,23,24)/t15-/m1/s1. The zero-order valence-electron chi connectivity index (χ0n) is 14.5. The maximum absolute atomic E-state index is 6.01. The van der Waals surface area contributed by atoms with Crippen molar-refractivity contribution in [2.24, 2.45) is 0 Å². The van der Waals surface area contributed by atoms with Gasteiger partial charge in [0.25, 0.3) is 0 Å². The lowest BCUT2D eigenvalue weighted by Gasteiger charge is -2.26. The van der Waals surface area contributed by atoms with Crippen molar-refractivity contribution in [1.82, 2.24) is 9.97 Å². The van der Waals surface area contributed by atoms with Crippen LogP contribution < -0.4 is 14.8 Å². The molecular weight excluding hydrogens is 358 g/mol. The summed E-state index contributed by atoms with van der Waals surface area (Å²) in [6.45, 7) is 1.12. The average molecular weight is 375 g/mol. The number of benzene rings is 2. The topological polar surface area (TPSA) is 56.3 Å². The summed E-state index contributed by atoms with van der Waals surface area (Å²) in [6, 6.07) is 20.2. The second-order valence-corrected chi connectivity index (χ2v) is 7.33. The summed E-state index contributed by atoms with van der Waals surface area (Å²) in [5.74, 6) is 2.40. The molecule has 5 nitrogen and oxygen atoms in total. The van der Waals surface area contributed by atoms with E-state index in [1.165, 1.54) is 10.4 Å². The molecule has 0 unspecified atom stereocenters. The van der Waals surface area contributed by atoms with Gasteiger partial charge in [0.2, 0.25) is 0 Å². The fourth-order valence-corrected chi connectivity index (χ4v) is 4.12. The lowest BCUT2D eigenvalue weighted by molar-refractivity contribution is 0.0997. The summed E-state index contributed by atoms with van der Waals surface area (Å²) >= 11 is 1.67. The van der Waals surface area contributed by atoms with Crippen molar-refractivity contribution in [2.75, 3.05) is 18.5 Å². The molecule has 0 bridgehead atoms. The monoisotopic (exact) mass is 375 g/mol. The summed E-state index contributed by atoms with van der Waals surface area (Å²) in [7, 11) is 0. The maximum atomic E-state index is 6.01. The van der Waals surface area contributed by atoms with Gasteiger partial charge in [-0.3, -0.25) is 0 Å². The van der Waals surface area contributed by atoms with Crippen LogP contribution in [0.15, 0.2) is 67.0 Å². The van der Waals surface area contributed by atoms with Gasteiger partial charge in [-0.2, -0.15) is 0 Å². The molecule has 0 saturated heterocycles.